The zero-order chi connectivity index (χ0) is 19.2. The predicted octanol–water partition coefficient (Wildman–Crippen LogP) is 3.74. The molecular weight excluding hydrogens is 354 g/mol. The number of alkyl halides is 2. The summed E-state index contributed by atoms with van der Waals surface area (Å²) in [5, 5.41) is 3.44. The highest BCUT2D eigenvalue weighted by Crippen LogP contribution is 2.35. The molecule has 1 aliphatic rings. The SMILES string of the molecule is CC(=O)Nc1cc2c(-c3cccc(C(C)(F)F)n3)cn(C3COC3)c2cn1. The van der Waals surface area contributed by atoms with Crippen molar-refractivity contribution < 1.29 is 18.3 Å². The van der Waals surface area contributed by atoms with Gasteiger partial charge in [-0.05, 0) is 18.2 Å². The molecular formula is C19H18F2N4O2. The van der Waals surface area contributed by atoms with Gasteiger partial charge < -0.3 is 14.6 Å². The van der Waals surface area contributed by atoms with Gasteiger partial charge >= 0.3 is 0 Å². The van der Waals surface area contributed by atoms with Gasteiger partial charge in [0.05, 0.1) is 36.7 Å². The van der Waals surface area contributed by atoms with Crippen LogP contribution in [-0.2, 0) is 15.5 Å². The highest BCUT2D eigenvalue weighted by molar-refractivity contribution is 5.98. The van der Waals surface area contributed by atoms with E-state index in [1.165, 1.54) is 13.0 Å². The maximum atomic E-state index is 13.7. The van der Waals surface area contributed by atoms with Gasteiger partial charge in [-0.15, -0.1) is 0 Å². The van der Waals surface area contributed by atoms with Gasteiger partial charge in [-0.3, -0.25) is 4.79 Å². The summed E-state index contributed by atoms with van der Waals surface area (Å²) < 4.78 is 34.8. The van der Waals surface area contributed by atoms with E-state index in [4.69, 9.17) is 4.74 Å². The lowest BCUT2D eigenvalue weighted by atomic mass is 10.1. The lowest BCUT2D eigenvalue weighted by Gasteiger charge is -2.28. The molecule has 0 unspecified atom stereocenters. The van der Waals surface area contributed by atoms with Crippen molar-refractivity contribution in [3.8, 4) is 11.3 Å². The summed E-state index contributed by atoms with van der Waals surface area (Å²) in [6.45, 7) is 3.39. The number of carbonyl (C=O) groups excluding carboxylic acids is 1. The number of hydrogen-bond acceptors (Lipinski definition) is 4. The number of fused-ring (bicyclic) bond motifs is 1. The van der Waals surface area contributed by atoms with Gasteiger partial charge in [-0.2, -0.15) is 8.78 Å². The molecule has 4 rings (SSSR count). The van der Waals surface area contributed by atoms with Crippen molar-refractivity contribution in [3.05, 3.63) is 42.4 Å². The Labute approximate surface area is 154 Å². The largest absolute Gasteiger partial charge is 0.377 e. The van der Waals surface area contributed by atoms with E-state index in [0.717, 1.165) is 17.8 Å². The minimum Gasteiger partial charge on any atom is -0.377 e. The highest BCUT2D eigenvalue weighted by atomic mass is 19.3. The van der Waals surface area contributed by atoms with Crippen molar-refractivity contribution in [2.45, 2.75) is 25.8 Å². The van der Waals surface area contributed by atoms with E-state index >= 15 is 0 Å². The van der Waals surface area contributed by atoms with E-state index in [-0.39, 0.29) is 17.6 Å². The Morgan fingerprint density at radius 1 is 1.37 bits per heavy atom. The number of amides is 1. The molecule has 0 saturated carbocycles. The topological polar surface area (TPSA) is 69.0 Å². The standard InChI is InChI=1S/C19H18F2N4O2/c1-11(26)23-18-6-13-14(15-4-3-5-17(24-15)19(2,20)21)8-25(12-9-27-10-12)16(13)7-22-18/h3-8,12H,9-10H2,1-2H3,(H,22,23,26). The summed E-state index contributed by atoms with van der Waals surface area (Å²) in [6, 6.07) is 6.48. The van der Waals surface area contributed by atoms with E-state index in [2.05, 4.69) is 15.3 Å². The number of anilines is 1. The van der Waals surface area contributed by atoms with Gasteiger partial charge in [0.1, 0.15) is 11.5 Å². The van der Waals surface area contributed by atoms with Crippen LogP contribution in [0.5, 0.6) is 0 Å². The molecule has 140 valence electrons. The fraction of sp³-hybridized carbons (Fsp3) is 0.316. The summed E-state index contributed by atoms with van der Waals surface area (Å²) in [5.74, 6) is -2.86. The number of halogens is 2. The van der Waals surface area contributed by atoms with Gasteiger partial charge in [0.2, 0.25) is 5.91 Å². The minimum absolute atomic E-state index is 0.158. The molecule has 0 spiro atoms. The number of nitrogens with zero attached hydrogens (tertiary/aromatic N) is 3. The molecule has 0 atom stereocenters. The molecule has 27 heavy (non-hydrogen) atoms. The lowest BCUT2D eigenvalue weighted by molar-refractivity contribution is -0.114. The van der Waals surface area contributed by atoms with Crippen LogP contribution in [-0.4, -0.2) is 33.7 Å². The zero-order valence-electron chi connectivity index (χ0n) is 14.9. The normalized spacial score (nSPS) is 15.0. The van der Waals surface area contributed by atoms with Crippen molar-refractivity contribution in [3.63, 3.8) is 0 Å². The van der Waals surface area contributed by atoms with Crippen molar-refractivity contribution in [2.75, 3.05) is 18.5 Å². The van der Waals surface area contributed by atoms with Crippen LogP contribution in [0.3, 0.4) is 0 Å². The van der Waals surface area contributed by atoms with Crippen molar-refractivity contribution in [1.29, 1.82) is 0 Å². The minimum atomic E-state index is -3.03. The molecule has 3 aromatic heterocycles. The van der Waals surface area contributed by atoms with Gasteiger partial charge in [-0.25, -0.2) is 9.97 Å². The smallest absolute Gasteiger partial charge is 0.286 e. The first-order valence-corrected chi connectivity index (χ1v) is 8.54. The number of nitrogens with one attached hydrogen (secondary N) is 1. The first-order valence-electron chi connectivity index (χ1n) is 8.54. The van der Waals surface area contributed by atoms with Gasteiger partial charge in [0.25, 0.3) is 5.92 Å². The van der Waals surface area contributed by atoms with Crippen molar-refractivity contribution >= 4 is 22.6 Å². The van der Waals surface area contributed by atoms with E-state index in [0.29, 0.717) is 30.3 Å². The summed E-state index contributed by atoms with van der Waals surface area (Å²) in [6.07, 6.45) is 3.55. The average Bonchev–Trinajstić information content (AvgIpc) is 2.91. The maximum absolute atomic E-state index is 13.7. The van der Waals surface area contributed by atoms with Gasteiger partial charge in [0, 0.05) is 31.0 Å². The number of carbonyl (C=O) groups is 1. The van der Waals surface area contributed by atoms with Crippen LogP contribution in [0.25, 0.3) is 22.2 Å². The number of hydrogen-bond donors (Lipinski definition) is 1. The molecule has 0 aliphatic carbocycles. The van der Waals surface area contributed by atoms with Crippen LogP contribution in [0, 0.1) is 0 Å². The Hall–Kier alpha value is -2.87. The summed E-state index contributed by atoms with van der Waals surface area (Å²) in [4.78, 5) is 19.8. The number of ether oxygens (including phenoxy) is 1. The van der Waals surface area contributed by atoms with Crippen molar-refractivity contribution in [1.82, 2.24) is 14.5 Å². The Balaban J connectivity index is 1.89. The van der Waals surface area contributed by atoms with Gasteiger partial charge in [0.15, 0.2) is 0 Å². The van der Waals surface area contributed by atoms with Crippen LogP contribution >= 0.6 is 0 Å². The van der Waals surface area contributed by atoms with Crippen LogP contribution in [0.2, 0.25) is 0 Å². The summed E-state index contributed by atoms with van der Waals surface area (Å²) in [7, 11) is 0. The van der Waals surface area contributed by atoms with Gasteiger partial charge in [-0.1, -0.05) is 6.07 Å². The molecule has 0 aromatic carbocycles. The van der Waals surface area contributed by atoms with E-state index in [1.807, 2.05) is 10.8 Å². The monoisotopic (exact) mass is 372 g/mol. The first-order chi connectivity index (χ1) is 12.8. The molecule has 1 aliphatic heterocycles. The van der Waals surface area contributed by atoms with Crippen LogP contribution < -0.4 is 5.32 Å². The maximum Gasteiger partial charge on any atom is 0.286 e. The Kier molecular flexibility index (Phi) is 4.15. The van der Waals surface area contributed by atoms with E-state index < -0.39 is 5.92 Å². The first kappa shape index (κ1) is 17.5. The van der Waals surface area contributed by atoms with Crippen LogP contribution in [0.4, 0.5) is 14.6 Å². The molecule has 1 N–H and O–H groups in total. The van der Waals surface area contributed by atoms with E-state index in [1.54, 1.807) is 24.4 Å². The zero-order valence-corrected chi connectivity index (χ0v) is 14.9. The fourth-order valence-electron chi connectivity index (χ4n) is 3.12. The fourth-order valence-corrected chi connectivity index (χ4v) is 3.12. The highest BCUT2D eigenvalue weighted by Gasteiger charge is 2.28. The lowest BCUT2D eigenvalue weighted by Crippen LogP contribution is -2.30. The second kappa shape index (κ2) is 6.38. The number of aromatic nitrogens is 3. The second-order valence-electron chi connectivity index (χ2n) is 6.71. The molecule has 8 heteroatoms. The number of rotatable bonds is 4. The third kappa shape index (κ3) is 3.28. The molecule has 1 amide bonds. The summed E-state index contributed by atoms with van der Waals surface area (Å²) >= 11 is 0. The van der Waals surface area contributed by atoms with Crippen molar-refractivity contribution in [2.24, 2.45) is 0 Å². The summed E-state index contributed by atoms with van der Waals surface area (Å²) in [5.41, 5.74) is 1.70. The third-order valence-corrected chi connectivity index (χ3v) is 4.51. The molecule has 6 nitrogen and oxygen atoms in total. The molecule has 3 aromatic rings. The Bertz CT molecular complexity index is 1020. The molecule has 0 radical (unpaired) electrons. The number of pyridine rings is 2. The van der Waals surface area contributed by atoms with Crippen LogP contribution in [0.1, 0.15) is 25.6 Å². The average molecular weight is 372 g/mol. The molecule has 4 heterocycles. The quantitative estimate of drug-likeness (QED) is 0.758. The van der Waals surface area contributed by atoms with Crippen LogP contribution in [0.15, 0.2) is 36.7 Å². The second-order valence-corrected chi connectivity index (χ2v) is 6.71. The van der Waals surface area contributed by atoms with E-state index in [9.17, 15) is 13.6 Å². The molecule has 0 bridgehead atoms. The Morgan fingerprint density at radius 3 is 2.78 bits per heavy atom. The Morgan fingerprint density at radius 2 is 2.15 bits per heavy atom. The molecule has 1 saturated heterocycles. The third-order valence-electron chi connectivity index (χ3n) is 4.51. The molecule has 1 fully saturated rings. The predicted molar refractivity (Wildman–Crippen MR) is 96.7 cm³/mol.